The molecular weight excluding hydrogens is 304 g/mol. The highest BCUT2D eigenvalue weighted by Crippen LogP contribution is 2.17. The van der Waals surface area contributed by atoms with Crippen LogP contribution in [-0.4, -0.2) is 19.7 Å². The Kier molecular flexibility index (Phi) is 3.70. The minimum Gasteiger partial charge on any atom is -0.484 e. The molecule has 4 rings (SSSR count). The molecule has 0 fully saturated rings. The lowest BCUT2D eigenvalue weighted by molar-refractivity contribution is 0.242. The lowest BCUT2D eigenvalue weighted by atomic mass is 10.3. The highest BCUT2D eigenvalue weighted by atomic mass is 16.5. The second kappa shape index (κ2) is 6.16. The number of hydrogen-bond donors (Lipinski definition) is 0. The molecule has 0 aliphatic carbocycles. The van der Waals surface area contributed by atoms with Crippen molar-refractivity contribution in [1.82, 2.24) is 19.7 Å². The molecule has 24 heavy (non-hydrogen) atoms. The van der Waals surface area contributed by atoms with Gasteiger partial charge in [-0.25, -0.2) is 4.98 Å². The summed E-state index contributed by atoms with van der Waals surface area (Å²) in [6.45, 7) is 2.74. The van der Waals surface area contributed by atoms with E-state index in [9.17, 15) is 0 Å². The van der Waals surface area contributed by atoms with Crippen molar-refractivity contribution in [3.8, 4) is 5.75 Å². The first-order valence-corrected chi connectivity index (χ1v) is 7.71. The summed E-state index contributed by atoms with van der Waals surface area (Å²) < 4.78 is 13.0. The molecule has 6 nitrogen and oxygen atoms in total. The molecule has 0 aliphatic rings. The number of rotatable bonds is 5. The van der Waals surface area contributed by atoms with E-state index in [-0.39, 0.29) is 6.61 Å². The van der Waals surface area contributed by atoms with Crippen LogP contribution in [0.1, 0.15) is 17.5 Å². The Morgan fingerprint density at radius 1 is 1.00 bits per heavy atom. The van der Waals surface area contributed by atoms with Gasteiger partial charge in [0.25, 0.3) is 5.89 Å². The first-order valence-electron chi connectivity index (χ1n) is 7.71. The summed E-state index contributed by atoms with van der Waals surface area (Å²) in [6, 6.07) is 17.6. The van der Waals surface area contributed by atoms with E-state index in [1.807, 2.05) is 61.5 Å². The fourth-order valence-electron chi connectivity index (χ4n) is 2.61. The van der Waals surface area contributed by atoms with Crippen molar-refractivity contribution in [2.24, 2.45) is 0 Å². The molecule has 0 aliphatic heterocycles. The topological polar surface area (TPSA) is 66.0 Å². The molecule has 0 saturated carbocycles. The van der Waals surface area contributed by atoms with Gasteiger partial charge >= 0.3 is 0 Å². The molecule has 2 heterocycles. The van der Waals surface area contributed by atoms with Crippen molar-refractivity contribution >= 4 is 11.0 Å². The molecule has 0 spiro atoms. The van der Waals surface area contributed by atoms with Gasteiger partial charge in [0.2, 0.25) is 0 Å². The molecule has 0 unspecified atom stereocenters. The summed E-state index contributed by atoms with van der Waals surface area (Å²) in [5.74, 6) is 2.75. The maximum Gasteiger partial charge on any atom is 0.264 e. The third kappa shape index (κ3) is 2.86. The van der Waals surface area contributed by atoms with E-state index in [1.54, 1.807) is 0 Å². The van der Waals surface area contributed by atoms with Crippen molar-refractivity contribution in [1.29, 1.82) is 0 Å². The fourth-order valence-corrected chi connectivity index (χ4v) is 2.61. The van der Waals surface area contributed by atoms with Gasteiger partial charge in [-0.1, -0.05) is 35.5 Å². The van der Waals surface area contributed by atoms with Gasteiger partial charge < -0.3 is 13.8 Å². The van der Waals surface area contributed by atoms with Gasteiger partial charge in [-0.15, -0.1) is 0 Å². The molecule has 0 N–H and O–H groups in total. The van der Waals surface area contributed by atoms with Crippen LogP contribution in [0.5, 0.6) is 5.75 Å². The fraction of sp³-hybridized carbons (Fsp3) is 0.167. The van der Waals surface area contributed by atoms with Crippen molar-refractivity contribution in [2.45, 2.75) is 20.1 Å². The number of imidazole rings is 1. The van der Waals surface area contributed by atoms with Crippen molar-refractivity contribution in [2.75, 3.05) is 0 Å². The molecule has 6 heteroatoms. The first-order chi connectivity index (χ1) is 11.8. The van der Waals surface area contributed by atoms with Crippen LogP contribution in [0.2, 0.25) is 0 Å². The number of nitrogens with zero attached hydrogens (tertiary/aromatic N) is 4. The van der Waals surface area contributed by atoms with E-state index in [1.165, 1.54) is 0 Å². The summed E-state index contributed by atoms with van der Waals surface area (Å²) >= 11 is 0. The Bertz CT molecular complexity index is 959. The van der Waals surface area contributed by atoms with Crippen LogP contribution < -0.4 is 4.74 Å². The van der Waals surface area contributed by atoms with E-state index in [0.717, 1.165) is 22.6 Å². The van der Waals surface area contributed by atoms with Crippen LogP contribution in [0.15, 0.2) is 59.1 Å². The molecule has 0 radical (unpaired) electrons. The second-order valence-electron chi connectivity index (χ2n) is 5.44. The summed E-state index contributed by atoms with van der Waals surface area (Å²) in [5, 5.41) is 4.04. The summed E-state index contributed by atoms with van der Waals surface area (Å²) in [6.07, 6.45) is 0. The quantitative estimate of drug-likeness (QED) is 0.564. The minimum atomic E-state index is 0.251. The Hall–Kier alpha value is -3.15. The number of aromatic nitrogens is 4. The van der Waals surface area contributed by atoms with E-state index < -0.39 is 0 Å². The molecule has 4 aromatic rings. The molecule has 0 bridgehead atoms. The summed E-state index contributed by atoms with van der Waals surface area (Å²) in [4.78, 5) is 8.94. The Labute approximate surface area is 138 Å². The van der Waals surface area contributed by atoms with Gasteiger partial charge in [-0.2, -0.15) is 4.98 Å². The standard InChI is InChI=1S/C18H16N4O2/c1-13-19-15-9-5-6-10-16(15)22(13)11-17-20-18(24-21-17)12-23-14-7-3-2-4-8-14/h2-10H,11-12H2,1H3. The molecule has 0 amide bonds. The van der Waals surface area contributed by atoms with Gasteiger partial charge in [-0.3, -0.25) is 0 Å². The van der Waals surface area contributed by atoms with Crippen LogP contribution in [0.25, 0.3) is 11.0 Å². The minimum absolute atomic E-state index is 0.251. The van der Waals surface area contributed by atoms with Crippen LogP contribution >= 0.6 is 0 Å². The third-order valence-electron chi connectivity index (χ3n) is 3.76. The van der Waals surface area contributed by atoms with E-state index in [0.29, 0.717) is 18.3 Å². The monoisotopic (exact) mass is 320 g/mol. The van der Waals surface area contributed by atoms with E-state index in [2.05, 4.69) is 19.7 Å². The van der Waals surface area contributed by atoms with E-state index >= 15 is 0 Å². The Morgan fingerprint density at radius 2 is 1.79 bits per heavy atom. The number of ether oxygens (including phenoxy) is 1. The lowest BCUT2D eigenvalue weighted by Crippen LogP contribution is -2.04. The largest absolute Gasteiger partial charge is 0.484 e. The number of aryl methyl sites for hydroxylation is 1. The highest BCUT2D eigenvalue weighted by Gasteiger charge is 2.12. The maximum absolute atomic E-state index is 5.62. The van der Waals surface area contributed by atoms with Crippen LogP contribution in [0.3, 0.4) is 0 Å². The summed E-state index contributed by atoms with van der Waals surface area (Å²) in [7, 11) is 0. The zero-order valence-electron chi connectivity index (χ0n) is 13.2. The summed E-state index contributed by atoms with van der Waals surface area (Å²) in [5.41, 5.74) is 2.02. The number of para-hydroxylation sites is 3. The molecule has 0 atom stereocenters. The van der Waals surface area contributed by atoms with Crippen molar-refractivity contribution < 1.29 is 9.26 Å². The van der Waals surface area contributed by atoms with Crippen LogP contribution in [0, 0.1) is 6.92 Å². The number of hydrogen-bond acceptors (Lipinski definition) is 5. The highest BCUT2D eigenvalue weighted by molar-refractivity contribution is 5.75. The second-order valence-corrected chi connectivity index (χ2v) is 5.44. The SMILES string of the molecule is Cc1nc2ccccc2n1Cc1noc(COc2ccccc2)n1. The van der Waals surface area contributed by atoms with Gasteiger partial charge in [0, 0.05) is 0 Å². The maximum atomic E-state index is 5.62. The van der Waals surface area contributed by atoms with Crippen LogP contribution in [0.4, 0.5) is 0 Å². The average molecular weight is 320 g/mol. The van der Waals surface area contributed by atoms with Gasteiger partial charge in [0.05, 0.1) is 17.6 Å². The first kappa shape index (κ1) is 14.4. The Morgan fingerprint density at radius 3 is 2.67 bits per heavy atom. The Balaban J connectivity index is 1.49. The lowest BCUT2D eigenvalue weighted by Gasteiger charge is -2.02. The third-order valence-corrected chi connectivity index (χ3v) is 3.76. The number of fused-ring (bicyclic) bond motifs is 1. The zero-order chi connectivity index (χ0) is 16.4. The molecule has 0 saturated heterocycles. The van der Waals surface area contributed by atoms with Gasteiger partial charge in [0.15, 0.2) is 12.4 Å². The predicted molar refractivity (Wildman–Crippen MR) is 88.6 cm³/mol. The molecular formula is C18H16N4O2. The van der Waals surface area contributed by atoms with Gasteiger partial charge in [0.1, 0.15) is 11.6 Å². The van der Waals surface area contributed by atoms with Crippen LogP contribution in [-0.2, 0) is 13.2 Å². The predicted octanol–water partition coefficient (Wildman–Crippen LogP) is 3.36. The van der Waals surface area contributed by atoms with E-state index in [4.69, 9.17) is 9.26 Å². The van der Waals surface area contributed by atoms with Crippen molar-refractivity contribution in [3.63, 3.8) is 0 Å². The average Bonchev–Trinajstić information content (AvgIpc) is 3.19. The molecule has 2 aromatic heterocycles. The molecule has 2 aromatic carbocycles. The van der Waals surface area contributed by atoms with Gasteiger partial charge in [-0.05, 0) is 31.2 Å². The normalized spacial score (nSPS) is 11.0. The zero-order valence-corrected chi connectivity index (χ0v) is 13.2. The smallest absolute Gasteiger partial charge is 0.264 e. The number of benzene rings is 2. The molecule has 120 valence electrons. The van der Waals surface area contributed by atoms with Crippen molar-refractivity contribution in [3.05, 3.63) is 72.1 Å².